The Kier molecular flexibility index (Phi) is 4.15. The zero-order valence-corrected chi connectivity index (χ0v) is 11.5. The molecule has 1 aromatic carbocycles. The standard InChI is InChI=1S/C13H14ClN5/c1-3-16-9(2)11-5-4-10(6-12(11)14)19-8-17-13(7-15)18-19/h4-6,8-9,16H,3H2,1-2H3. The summed E-state index contributed by atoms with van der Waals surface area (Å²) in [6, 6.07) is 7.77. The van der Waals surface area contributed by atoms with Gasteiger partial charge >= 0.3 is 0 Å². The molecule has 0 spiro atoms. The minimum Gasteiger partial charge on any atom is -0.310 e. The second-order valence-corrected chi connectivity index (χ2v) is 4.52. The lowest BCUT2D eigenvalue weighted by Gasteiger charge is -2.15. The van der Waals surface area contributed by atoms with E-state index in [-0.39, 0.29) is 11.9 Å². The maximum atomic E-state index is 8.71. The fourth-order valence-electron chi connectivity index (χ4n) is 1.86. The zero-order valence-electron chi connectivity index (χ0n) is 10.8. The Balaban J connectivity index is 2.31. The largest absolute Gasteiger partial charge is 0.310 e. The lowest BCUT2D eigenvalue weighted by atomic mass is 10.1. The van der Waals surface area contributed by atoms with Crippen molar-refractivity contribution >= 4 is 11.6 Å². The molecule has 0 saturated heterocycles. The van der Waals surface area contributed by atoms with Crippen LogP contribution in [0.5, 0.6) is 0 Å². The summed E-state index contributed by atoms with van der Waals surface area (Å²) in [5.41, 5.74) is 1.82. The van der Waals surface area contributed by atoms with Crippen LogP contribution in [0.2, 0.25) is 5.02 Å². The number of nitrogens with one attached hydrogen (secondary N) is 1. The first kappa shape index (κ1) is 13.5. The highest BCUT2D eigenvalue weighted by Gasteiger charge is 2.10. The molecule has 0 aliphatic rings. The van der Waals surface area contributed by atoms with E-state index >= 15 is 0 Å². The van der Waals surface area contributed by atoms with Crippen LogP contribution >= 0.6 is 11.6 Å². The molecule has 0 bridgehead atoms. The second kappa shape index (κ2) is 5.83. The maximum absolute atomic E-state index is 8.71. The van der Waals surface area contributed by atoms with Crippen molar-refractivity contribution in [2.45, 2.75) is 19.9 Å². The predicted molar refractivity (Wildman–Crippen MR) is 73.2 cm³/mol. The summed E-state index contributed by atoms with van der Waals surface area (Å²) in [4.78, 5) is 3.86. The van der Waals surface area contributed by atoms with Crippen molar-refractivity contribution in [2.24, 2.45) is 0 Å². The number of hydrogen-bond donors (Lipinski definition) is 1. The topological polar surface area (TPSA) is 66.5 Å². The van der Waals surface area contributed by atoms with Gasteiger partial charge in [-0.25, -0.2) is 9.67 Å². The molecule has 19 heavy (non-hydrogen) atoms. The third-order valence-electron chi connectivity index (χ3n) is 2.82. The predicted octanol–water partition coefficient (Wildman–Crippen LogP) is 2.46. The van der Waals surface area contributed by atoms with E-state index in [9.17, 15) is 0 Å². The quantitative estimate of drug-likeness (QED) is 0.931. The summed E-state index contributed by atoms with van der Waals surface area (Å²) in [6.45, 7) is 5.00. The minimum atomic E-state index is 0.140. The molecule has 0 saturated carbocycles. The van der Waals surface area contributed by atoms with E-state index in [1.54, 1.807) is 0 Å². The van der Waals surface area contributed by atoms with E-state index < -0.39 is 0 Å². The third-order valence-corrected chi connectivity index (χ3v) is 3.14. The highest BCUT2D eigenvalue weighted by atomic mass is 35.5. The van der Waals surface area contributed by atoms with E-state index in [2.05, 4.69) is 29.2 Å². The molecule has 0 amide bonds. The summed E-state index contributed by atoms with van der Waals surface area (Å²) in [6.07, 6.45) is 1.50. The SMILES string of the molecule is CCNC(C)c1ccc(-n2cnc(C#N)n2)cc1Cl. The minimum absolute atomic E-state index is 0.140. The molecule has 98 valence electrons. The van der Waals surface area contributed by atoms with Crippen LogP contribution in [0.1, 0.15) is 31.3 Å². The van der Waals surface area contributed by atoms with Crippen LogP contribution in [0, 0.1) is 11.3 Å². The number of benzene rings is 1. The fourth-order valence-corrected chi connectivity index (χ4v) is 2.20. The van der Waals surface area contributed by atoms with Gasteiger partial charge in [-0.2, -0.15) is 5.26 Å². The van der Waals surface area contributed by atoms with E-state index in [1.807, 2.05) is 24.3 Å². The van der Waals surface area contributed by atoms with Crippen LogP contribution in [0.15, 0.2) is 24.5 Å². The van der Waals surface area contributed by atoms with Crippen molar-refractivity contribution in [1.29, 1.82) is 5.26 Å². The first-order valence-corrected chi connectivity index (χ1v) is 6.38. The van der Waals surface area contributed by atoms with Crippen LogP contribution in [-0.2, 0) is 0 Å². The Morgan fingerprint density at radius 1 is 1.53 bits per heavy atom. The number of aromatic nitrogens is 3. The highest BCUT2D eigenvalue weighted by Crippen LogP contribution is 2.25. The molecule has 1 atom stereocenters. The molecule has 0 aliphatic heterocycles. The van der Waals surface area contributed by atoms with E-state index in [0.29, 0.717) is 5.02 Å². The average Bonchev–Trinajstić information content (AvgIpc) is 2.87. The monoisotopic (exact) mass is 275 g/mol. The summed E-state index contributed by atoms with van der Waals surface area (Å²) >= 11 is 6.28. The van der Waals surface area contributed by atoms with Crippen molar-refractivity contribution in [3.05, 3.63) is 40.9 Å². The molecule has 0 fully saturated rings. The smallest absolute Gasteiger partial charge is 0.252 e. The van der Waals surface area contributed by atoms with E-state index in [1.165, 1.54) is 11.0 Å². The number of halogens is 1. The van der Waals surface area contributed by atoms with Crippen LogP contribution in [0.25, 0.3) is 5.69 Å². The van der Waals surface area contributed by atoms with E-state index in [4.69, 9.17) is 16.9 Å². The molecule has 1 unspecified atom stereocenters. The molecule has 1 heterocycles. The number of nitriles is 1. The summed E-state index contributed by atoms with van der Waals surface area (Å²) in [7, 11) is 0. The van der Waals surface area contributed by atoms with Gasteiger partial charge in [0.25, 0.3) is 5.82 Å². The van der Waals surface area contributed by atoms with E-state index in [0.717, 1.165) is 17.8 Å². The van der Waals surface area contributed by atoms with Gasteiger partial charge in [-0.3, -0.25) is 0 Å². The molecule has 6 heteroatoms. The second-order valence-electron chi connectivity index (χ2n) is 4.11. The lowest BCUT2D eigenvalue weighted by Crippen LogP contribution is -2.18. The zero-order chi connectivity index (χ0) is 13.8. The summed E-state index contributed by atoms with van der Waals surface area (Å²) < 4.78 is 1.53. The molecule has 0 aliphatic carbocycles. The molecule has 0 radical (unpaired) electrons. The van der Waals surface area contributed by atoms with Gasteiger partial charge in [0.1, 0.15) is 12.4 Å². The number of hydrogen-bond acceptors (Lipinski definition) is 4. The van der Waals surface area contributed by atoms with Gasteiger partial charge in [-0.05, 0) is 31.2 Å². The molecule has 1 aromatic heterocycles. The van der Waals surface area contributed by atoms with Crippen molar-refractivity contribution in [2.75, 3.05) is 6.54 Å². The third kappa shape index (κ3) is 2.92. The Morgan fingerprint density at radius 2 is 2.32 bits per heavy atom. The fraction of sp³-hybridized carbons (Fsp3) is 0.308. The lowest BCUT2D eigenvalue weighted by molar-refractivity contribution is 0.598. The Morgan fingerprint density at radius 3 is 2.89 bits per heavy atom. The molecule has 2 rings (SSSR count). The van der Waals surface area contributed by atoms with Crippen molar-refractivity contribution < 1.29 is 0 Å². The van der Waals surface area contributed by atoms with Crippen LogP contribution in [0.4, 0.5) is 0 Å². The molecule has 1 N–H and O–H groups in total. The molecular formula is C13H14ClN5. The summed E-state index contributed by atoms with van der Waals surface area (Å²) in [5.74, 6) is 0.140. The van der Waals surface area contributed by atoms with Gasteiger partial charge in [0, 0.05) is 11.1 Å². The summed E-state index contributed by atoms with van der Waals surface area (Å²) in [5, 5.41) is 16.7. The van der Waals surface area contributed by atoms with Gasteiger partial charge in [0.2, 0.25) is 0 Å². The maximum Gasteiger partial charge on any atom is 0.252 e. The normalized spacial score (nSPS) is 12.1. The van der Waals surface area contributed by atoms with Crippen LogP contribution < -0.4 is 5.32 Å². The molecule has 2 aromatic rings. The first-order valence-electron chi connectivity index (χ1n) is 6.00. The molecular weight excluding hydrogens is 262 g/mol. The van der Waals surface area contributed by atoms with Crippen LogP contribution in [-0.4, -0.2) is 21.3 Å². The van der Waals surface area contributed by atoms with Gasteiger partial charge in [-0.15, -0.1) is 5.10 Å². The van der Waals surface area contributed by atoms with Crippen molar-refractivity contribution in [3.63, 3.8) is 0 Å². The van der Waals surface area contributed by atoms with Gasteiger partial charge in [0.05, 0.1) is 5.69 Å². The van der Waals surface area contributed by atoms with Gasteiger partial charge < -0.3 is 5.32 Å². The molecule has 5 nitrogen and oxygen atoms in total. The first-order chi connectivity index (χ1) is 9.15. The van der Waals surface area contributed by atoms with Gasteiger partial charge in [-0.1, -0.05) is 24.6 Å². The van der Waals surface area contributed by atoms with Crippen molar-refractivity contribution in [1.82, 2.24) is 20.1 Å². The number of nitrogens with zero attached hydrogens (tertiary/aromatic N) is 4. The van der Waals surface area contributed by atoms with Crippen LogP contribution in [0.3, 0.4) is 0 Å². The Labute approximate surface area is 116 Å². The van der Waals surface area contributed by atoms with Gasteiger partial charge in [0.15, 0.2) is 0 Å². The Hall–Kier alpha value is -1.90. The average molecular weight is 276 g/mol. The highest BCUT2D eigenvalue weighted by molar-refractivity contribution is 6.31. The number of rotatable bonds is 4. The Bertz CT molecular complexity index is 614. The van der Waals surface area contributed by atoms with Crippen molar-refractivity contribution in [3.8, 4) is 11.8 Å².